The number of rotatable bonds is 8. The van der Waals surface area contributed by atoms with Gasteiger partial charge < -0.3 is 15.6 Å². The first-order chi connectivity index (χ1) is 15.7. The predicted octanol–water partition coefficient (Wildman–Crippen LogP) is 2.35. The Morgan fingerprint density at radius 1 is 1.18 bits per heavy atom. The van der Waals surface area contributed by atoms with Crippen molar-refractivity contribution in [3.63, 3.8) is 0 Å². The maximum Gasteiger partial charge on any atom is 0.252 e. The molecule has 2 heterocycles. The summed E-state index contributed by atoms with van der Waals surface area (Å²) < 4.78 is 26.7. The van der Waals surface area contributed by atoms with Crippen LogP contribution in [0.5, 0.6) is 0 Å². The number of nitrogens with zero attached hydrogens (tertiary/aromatic N) is 2. The number of pyridine rings is 2. The van der Waals surface area contributed by atoms with Gasteiger partial charge in [-0.2, -0.15) is 0 Å². The first kappa shape index (κ1) is 23.2. The molecule has 4 rings (SSSR count). The number of primary amides is 1. The van der Waals surface area contributed by atoms with Crippen LogP contribution in [0.25, 0.3) is 0 Å². The highest BCUT2D eigenvalue weighted by molar-refractivity contribution is 7.92. The van der Waals surface area contributed by atoms with Crippen molar-refractivity contribution in [2.75, 3.05) is 5.32 Å². The third-order valence-electron chi connectivity index (χ3n) is 6.47. The molecular weight excluding hydrogens is 444 g/mol. The molecule has 0 radical (unpaired) electrons. The van der Waals surface area contributed by atoms with Crippen LogP contribution in [0, 0.1) is 12.8 Å². The second-order valence-electron chi connectivity index (χ2n) is 8.97. The molecule has 2 saturated carbocycles. The molecule has 0 bridgehead atoms. The van der Waals surface area contributed by atoms with Crippen LogP contribution in [0.3, 0.4) is 0 Å². The lowest BCUT2D eigenvalue weighted by Crippen LogP contribution is -2.36. The van der Waals surface area contributed by atoms with Crippen molar-refractivity contribution in [2.45, 2.75) is 68.1 Å². The summed E-state index contributed by atoms with van der Waals surface area (Å²) in [7, 11) is -3.52. The van der Waals surface area contributed by atoms with E-state index in [4.69, 9.17) is 5.73 Å². The van der Waals surface area contributed by atoms with Gasteiger partial charge in [-0.1, -0.05) is 25.7 Å². The Bertz CT molecular complexity index is 1230. The number of amides is 2. The maximum absolute atomic E-state index is 13.3. The zero-order chi connectivity index (χ0) is 23.8. The molecule has 0 aliphatic heterocycles. The van der Waals surface area contributed by atoms with Crippen molar-refractivity contribution in [1.82, 2.24) is 9.55 Å². The zero-order valence-electron chi connectivity index (χ0n) is 18.5. The van der Waals surface area contributed by atoms with Crippen LogP contribution in [0.4, 0.5) is 5.82 Å². The van der Waals surface area contributed by atoms with Gasteiger partial charge in [-0.25, -0.2) is 13.4 Å². The first-order valence-corrected chi connectivity index (χ1v) is 12.7. The van der Waals surface area contributed by atoms with Crippen molar-refractivity contribution >= 4 is 27.5 Å². The third kappa shape index (κ3) is 5.00. The number of aryl methyl sites for hydroxylation is 1. The number of aromatic nitrogens is 2. The topological polar surface area (TPSA) is 141 Å². The smallest absolute Gasteiger partial charge is 0.252 e. The average Bonchev–Trinajstić information content (AvgIpc) is 3.51. The zero-order valence-corrected chi connectivity index (χ0v) is 19.3. The summed E-state index contributed by atoms with van der Waals surface area (Å²) in [6.07, 6.45) is 7.11. The largest absolute Gasteiger partial charge is 0.366 e. The lowest BCUT2D eigenvalue weighted by atomic mass is 9.97. The van der Waals surface area contributed by atoms with Crippen molar-refractivity contribution in [2.24, 2.45) is 11.7 Å². The molecule has 2 amide bonds. The fourth-order valence-electron chi connectivity index (χ4n) is 4.53. The number of hydrogen-bond donors (Lipinski definition) is 2. The Labute approximate surface area is 192 Å². The summed E-state index contributed by atoms with van der Waals surface area (Å²) in [5.41, 5.74) is 5.37. The molecule has 0 aromatic carbocycles. The van der Waals surface area contributed by atoms with Crippen LogP contribution in [0.1, 0.15) is 67.0 Å². The maximum atomic E-state index is 13.3. The van der Waals surface area contributed by atoms with Gasteiger partial charge in [0.25, 0.3) is 5.56 Å². The number of nitrogens with one attached hydrogen (secondary N) is 1. The van der Waals surface area contributed by atoms with E-state index in [0.717, 1.165) is 31.7 Å². The Hall–Kier alpha value is -3.01. The van der Waals surface area contributed by atoms with E-state index >= 15 is 0 Å². The van der Waals surface area contributed by atoms with E-state index in [1.54, 1.807) is 6.92 Å². The average molecular weight is 473 g/mol. The van der Waals surface area contributed by atoms with Gasteiger partial charge >= 0.3 is 0 Å². The summed E-state index contributed by atoms with van der Waals surface area (Å²) in [5.74, 6) is -0.501. The van der Waals surface area contributed by atoms with Gasteiger partial charge in [0.15, 0.2) is 9.84 Å². The minimum absolute atomic E-state index is 0.0208. The number of hydrogen-bond acceptors (Lipinski definition) is 6. The quantitative estimate of drug-likeness (QED) is 0.604. The number of nitrogens with two attached hydrogens (primary N) is 1. The van der Waals surface area contributed by atoms with Crippen LogP contribution < -0.4 is 16.6 Å². The molecule has 33 heavy (non-hydrogen) atoms. The van der Waals surface area contributed by atoms with E-state index in [-0.39, 0.29) is 16.3 Å². The van der Waals surface area contributed by atoms with Gasteiger partial charge in [0, 0.05) is 18.0 Å². The molecule has 0 saturated heterocycles. The lowest BCUT2D eigenvalue weighted by molar-refractivity contribution is -0.119. The highest BCUT2D eigenvalue weighted by Crippen LogP contribution is 2.35. The first-order valence-electron chi connectivity index (χ1n) is 11.2. The minimum Gasteiger partial charge on any atom is -0.366 e. The Kier molecular flexibility index (Phi) is 6.38. The molecule has 10 heteroatoms. The summed E-state index contributed by atoms with van der Waals surface area (Å²) in [4.78, 5) is 41.7. The molecule has 1 atom stereocenters. The predicted molar refractivity (Wildman–Crippen MR) is 123 cm³/mol. The molecule has 2 fully saturated rings. The van der Waals surface area contributed by atoms with Crippen molar-refractivity contribution < 1.29 is 18.0 Å². The second-order valence-corrected chi connectivity index (χ2v) is 11.2. The molecule has 9 nitrogen and oxygen atoms in total. The molecule has 1 unspecified atom stereocenters. The molecule has 2 aliphatic rings. The third-order valence-corrected chi connectivity index (χ3v) is 8.71. The fraction of sp³-hybridized carbons (Fsp3) is 0.478. The van der Waals surface area contributed by atoms with Crippen LogP contribution in [0.15, 0.2) is 40.2 Å². The monoisotopic (exact) mass is 472 g/mol. The van der Waals surface area contributed by atoms with E-state index in [1.807, 2.05) is 0 Å². The second kappa shape index (κ2) is 9.09. The molecule has 2 aromatic rings. The van der Waals surface area contributed by atoms with Gasteiger partial charge in [0.05, 0.1) is 15.7 Å². The molecule has 2 aromatic heterocycles. The number of anilines is 1. The van der Waals surface area contributed by atoms with Crippen molar-refractivity contribution in [3.05, 3.63) is 52.1 Å². The number of carbonyl (C=O) groups is 2. The Morgan fingerprint density at radius 3 is 2.42 bits per heavy atom. The molecule has 0 spiro atoms. The van der Waals surface area contributed by atoms with Crippen LogP contribution >= 0.6 is 0 Å². The van der Waals surface area contributed by atoms with E-state index in [0.29, 0.717) is 30.9 Å². The van der Waals surface area contributed by atoms with Crippen LogP contribution in [-0.2, 0) is 14.6 Å². The van der Waals surface area contributed by atoms with Crippen LogP contribution in [-0.4, -0.2) is 35.0 Å². The standard InChI is InChI=1S/C23H28N4O5S/c1-14-10-18(33(31,32)17-7-8-17)12-21(28)27(14)19(11-15-4-2-3-5-15)23(30)26-20-9-6-16(13-25-20)22(24)29/h6,9-10,12-13,15,17,19H,2-5,7-8,11H2,1H3,(H2,24,29)(H,25,26,30). The van der Waals surface area contributed by atoms with Gasteiger partial charge in [-0.05, 0) is 50.3 Å². The van der Waals surface area contributed by atoms with Gasteiger partial charge in [0.1, 0.15) is 11.9 Å². The van der Waals surface area contributed by atoms with E-state index < -0.39 is 38.5 Å². The summed E-state index contributed by atoms with van der Waals surface area (Å²) in [6, 6.07) is 4.76. The normalized spacial score (nSPS) is 17.6. The molecule has 176 valence electrons. The van der Waals surface area contributed by atoms with E-state index in [1.165, 1.54) is 29.0 Å². The van der Waals surface area contributed by atoms with Gasteiger partial charge in [-0.3, -0.25) is 14.4 Å². The molecule has 2 aliphatic carbocycles. The number of sulfone groups is 1. The summed E-state index contributed by atoms with van der Waals surface area (Å²) in [5, 5.41) is 2.31. The minimum atomic E-state index is -3.52. The van der Waals surface area contributed by atoms with Gasteiger partial charge in [-0.15, -0.1) is 0 Å². The summed E-state index contributed by atoms with van der Waals surface area (Å²) in [6.45, 7) is 1.65. The van der Waals surface area contributed by atoms with Gasteiger partial charge in [0.2, 0.25) is 11.8 Å². The Morgan fingerprint density at radius 2 is 1.88 bits per heavy atom. The molecular formula is C23H28N4O5S. The fourth-order valence-corrected chi connectivity index (χ4v) is 6.27. The van der Waals surface area contributed by atoms with E-state index in [9.17, 15) is 22.8 Å². The van der Waals surface area contributed by atoms with E-state index in [2.05, 4.69) is 10.3 Å². The highest BCUT2D eigenvalue weighted by atomic mass is 32.2. The lowest BCUT2D eigenvalue weighted by Gasteiger charge is -2.24. The number of carbonyl (C=O) groups excluding carboxylic acids is 2. The summed E-state index contributed by atoms with van der Waals surface area (Å²) >= 11 is 0. The SMILES string of the molecule is Cc1cc(S(=O)(=O)C2CC2)cc(=O)n1C(CC1CCCC1)C(=O)Nc1ccc(C(N)=O)cn1. The van der Waals surface area contributed by atoms with Crippen molar-refractivity contribution in [3.8, 4) is 0 Å². The highest BCUT2D eigenvalue weighted by Gasteiger charge is 2.38. The Balaban J connectivity index is 1.65. The van der Waals surface area contributed by atoms with Crippen LogP contribution in [0.2, 0.25) is 0 Å². The van der Waals surface area contributed by atoms with Crippen molar-refractivity contribution in [1.29, 1.82) is 0 Å². The molecule has 3 N–H and O–H groups in total.